The topological polar surface area (TPSA) is 116 Å². The van der Waals surface area contributed by atoms with Crippen molar-refractivity contribution in [3.05, 3.63) is 94.5 Å². The van der Waals surface area contributed by atoms with Gasteiger partial charge in [0, 0.05) is 18.7 Å². The van der Waals surface area contributed by atoms with Gasteiger partial charge < -0.3 is 26.4 Å². The summed E-state index contributed by atoms with van der Waals surface area (Å²) >= 11 is 0. The summed E-state index contributed by atoms with van der Waals surface area (Å²) in [6.45, 7) is 2.28. The molecule has 0 spiro atoms. The van der Waals surface area contributed by atoms with Crippen LogP contribution in [0.3, 0.4) is 0 Å². The number of phenolic OH excluding ortho intramolecular Hbond substituents is 2. The zero-order valence-corrected chi connectivity index (χ0v) is 19.6. The first-order chi connectivity index (χ1) is 16.3. The van der Waals surface area contributed by atoms with E-state index in [0.717, 1.165) is 17.5 Å². The van der Waals surface area contributed by atoms with Crippen molar-refractivity contribution in [1.29, 1.82) is 0 Å². The number of carbonyl (C=O) groups is 1. The fourth-order valence-electron chi connectivity index (χ4n) is 4.25. The van der Waals surface area contributed by atoms with Gasteiger partial charge >= 0.3 is 0 Å². The third-order valence-electron chi connectivity index (χ3n) is 5.89. The molecule has 0 aromatic heterocycles. The van der Waals surface area contributed by atoms with Gasteiger partial charge in [-0.2, -0.15) is 0 Å². The quantitative estimate of drug-likeness (QED) is 0.351. The van der Waals surface area contributed by atoms with E-state index in [-0.39, 0.29) is 36.4 Å². The predicted octanol–water partition coefficient (Wildman–Crippen LogP) is 3.56. The Kier molecular flexibility index (Phi) is 9.08. The monoisotopic (exact) mass is 462 g/mol. The minimum absolute atomic E-state index is 0.0874. The fraction of sp³-hybridized carbons (Fsp3) is 0.321. The summed E-state index contributed by atoms with van der Waals surface area (Å²) in [7, 11) is 0. The summed E-state index contributed by atoms with van der Waals surface area (Å²) in [6, 6.07) is 20.6. The summed E-state index contributed by atoms with van der Waals surface area (Å²) in [6.07, 6.45) is 4.06. The Morgan fingerprint density at radius 1 is 0.941 bits per heavy atom. The van der Waals surface area contributed by atoms with Crippen LogP contribution in [0.25, 0.3) is 0 Å². The number of hydrogen-bond acceptors (Lipinski definition) is 5. The second-order valence-corrected chi connectivity index (χ2v) is 8.90. The van der Waals surface area contributed by atoms with Crippen LogP contribution in [0, 0.1) is 0 Å². The van der Waals surface area contributed by atoms with Gasteiger partial charge in [0.2, 0.25) is 5.91 Å². The number of aryl methyl sites for hydroxylation is 2. The van der Waals surface area contributed by atoms with E-state index in [2.05, 4.69) is 29.6 Å². The van der Waals surface area contributed by atoms with Gasteiger partial charge in [-0.05, 0) is 72.6 Å². The number of primary amides is 1. The highest BCUT2D eigenvalue weighted by Gasteiger charge is 2.12. The third-order valence-corrected chi connectivity index (χ3v) is 5.89. The molecule has 1 aliphatic carbocycles. The number of benzene rings is 3. The number of hydrogen-bond donors (Lipinski definition) is 5. The lowest BCUT2D eigenvalue weighted by atomic mass is 10.0. The molecule has 1 amide bonds. The molecule has 3 aromatic carbocycles. The Morgan fingerprint density at radius 2 is 1.56 bits per heavy atom. The Hall–Kier alpha value is -3.35. The summed E-state index contributed by atoms with van der Waals surface area (Å²) in [5.41, 5.74) is 10.8. The van der Waals surface area contributed by atoms with Crippen LogP contribution < -0.4 is 11.1 Å². The highest BCUT2D eigenvalue weighted by molar-refractivity contribution is 5.76. The second kappa shape index (κ2) is 12.2. The molecule has 34 heavy (non-hydrogen) atoms. The maximum atomic E-state index is 11.0. The van der Waals surface area contributed by atoms with Crippen molar-refractivity contribution in [3.63, 3.8) is 0 Å². The van der Waals surface area contributed by atoms with Gasteiger partial charge in [0.25, 0.3) is 0 Å². The molecule has 0 fully saturated rings. The average molecular weight is 463 g/mol. The first-order valence-corrected chi connectivity index (χ1v) is 11.7. The van der Waals surface area contributed by atoms with E-state index < -0.39 is 6.10 Å². The van der Waals surface area contributed by atoms with Gasteiger partial charge in [0.1, 0.15) is 11.5 Å². The van der Waals surface area contributed by atoms with Crippen LogP contribution in [0.15, 0.2) is 66.7 Å². The lowest BCUT2D eigenvalue weighted by molar-refractivity contribution is -0.117. The second-order valence-electron chi connectivity index (χ2n) is 8.90. The van der Waals surface area contributed by atoms with Crippen molar-refractivity contribution >= 4 is 5.91 Å². The van der Waals surface area contributed by atoms with Crippen molar-refractivity contribution in [2.24, 2.45) is 5.73 Å². The number of aliphatic hydroxyl groups is 1. The van der Waals surface area contributed by atoms with E-state index in [0.29, 0.717) is 5.56 Å². The lowest BCUT2D eigenvalue weighted by Crippen LogP contribution is -2.32. The van der Waals surface area contributed by atoms with Gasteiger partial charge in [-0.25, -0.2) is 0 Å². The standard InChI is InChI=1S/C19H24N2O4.C9H10/c1-12(5-13-3-2-4-14(6-13)7-19(20)25)21-11-18(24)15-8-16(22)10-17(23)9-15;1-2-5-9-7-3-6-8(9)4-1/h2-4,6,8-10,12,18,21-24H,5,7,11H2,1H3,(H2,20,25);1-2,4-5H,3,6-7H2. The number of carbonyl (C=O) groups excluding carboxylic acids is 1. The number of fused-ring (bicyclic) bond motifs is 1. The molecule has 6 N–H and O–H groups in total. The smallest absolute Gasteiger partial charge is 0.221 e. The molecule has 2 atom stereocenters. The molecule has 1 aliphatic rings. The summed E-state index contributed by atoms with van der Waals surface area (Å²) in [5, 5.41) is 32.4. The molecule has 0 saturated heterocycles. The molecular formula is C28H34N2O4. The predicted molar refractivity (Wildman–Crippen MR) is 134 cm³/mol. The zero-order valence-electron chi connectivity index (χ0n) is 19.6. The van der Waals surface area contributed by atoms with Crippen LogP contribution in [-0.4, -0.2) is 33.8 Å². The maximum absolute atomic E-state index is 11.0. The van der Waals surface area contributed by atoms with E-state index in [1.54, 1.807) is 11.1 Å². The third kappa shape index (κ3) is 7.90. The number of nitrogens with one attached hydrogen (secondary N) is 1. The first-order valence-electron chi connectivity index (χ1n) is 11.7. The number of amides is 1. The number of aliphatic hydroxyl groups excluding tert-OH is 1. The highest BCUT2D eigenvalue weighted by atomic mass is 16.3. The van der Waals surface area contributed by atoms with Gasteiger partial charge in [-0.15, -0.1) is 0 Å². The fourth-order valence-corrected chi connectivity index (χ4v) is 4.25. The van der Waals surface area contributed by atoms with Gasteiger partial charge in [-0.1, -0.05) is 48.5 Å². The van der Waals surface area contributed by atoms with E-state index >= 15 is 0 Å². The van der Waals surface area contributed by atoms with Gasteiger partial charge in [0.05, 0.1) is 12.5 Å². The highest BCUT2D eigenvalue weighted by Crippen LogP contribution is 2.24. The summed E-state index contributed by atoms with van der Waals surface area (Å²) in [5.74, 6) is -0.539. The molecule has 180 valence electrons. The molecule has 6 heteroatoms. The van der Waals surface area contributed by atoms with E-state index in [1.807, 2.05) is 31.2 Å². The van der Waals surface area contributed by atoms with Crippen LogP contribution in [-0.2, 0) is 30.5 Å². The van der Waals surface area contributed by atoms with E-state index in [1.165, 1.54) is 37.5 Å². The van der Waals surface area contributed by atoms with Crippen molar-refractivity contribution in [2.45, 2.75) is 51.2 Å². The largest absolute Gasteiger partial charge is 0.508 e. The Morgan fingerprint density at radius 3 is 2.18 bits per heavy atom. The number of nitrogens with two attached hydrogens (primary N) is 1. The van der Waals surface area contributed by atoms with Crippen LogP contribution >= 0.6 is 0 Å². The molecule has 4 rings (SSSR count). The molecule has 6 nitrogen and oxygen atoms in total. The number of rotatable bonds is 8. The number of aromatic hydroxyl groups is 2. The Bertz CT molecular complexity index is 1060. The Balaban J connectivity index is 0.000000296. The summed E-state index contributed by atoms with van der Waals surface area (Å²) < 4.78 is 0. The normalized spacial score (nSPS) is 13.9. The SMILES string of the molecule is CC(Cc1cccc(CC(N)=O)c1)NCC(O)c1cc(O)cc(O)c1.c1ccc2c(c1)CCC2. The van der Waals surface area contributed by atoms with E-state index in [9.17, 15) is 20.1 Å². The van der Waals surface area contributed by atoms with E-state index in [4.69, 9.17) is 5.73 Å². The lowest BCUT2D eigenvalue weighted by Gasteiger charge is -2.18. The van der Waals surface area contributed by atoms with Crippen LogP contribution in [0.5, 0.6) is 11.5 Å². The molecule has 0 heterocycles. The molecule has 3 aromatic rings. The molecule has 0 aliphatic heterocycles. The Labute approximate surface area is 201 Å². The maximum Gasteiger partial charge on any atom is 0.221 e. The van der Waals surface area contributed by atoms with Crippen molar-refractivity contribution in [3.8, 4) is 11.5 Å². The minimum atomic E-state index is -0.846. The van der Waals surface area contributed by atoms with Crippen LogP contribution in [0.2, 0.25) is 0 Å². The van der Waals surface area contributed by atoms with Gasteiger partial charge in [0.15, 0.2) is 0 Å². The van der Waals surface area contributed by atoms with Crippen molar-refractivity contribution < 1.29 is 20.1 Å². The molecule has 0 bridgehead atoms. The molecule has 0 saturated carbocycles. The van der Waals surface area contributed by atoms with Crippen LogP contribution in [0.4, 0.5) is 0 Å². The van der Waals surface area contributed by atoms with Crippen LogP contribution in [0.1, 0.15) is 47.3 Å². The molecule has 0 radical (unpaired) electrons. The molecule has 2 unspecified atom stereocenters. The molecular weight excluding hydrogens is 428 g/mol. The average Bonchev–Trinajstić information content (AvgIpc) is 3.26. The number of phenols is 2. The zero-order chi connectivity index (χ0) is 24.5. The summed E-state index contributed by atoms with van der Waals surface area (Å²) in [4.78, 5) is 11.0. The van der Waals surface area contributed by atoms with Crippen molar-refractivity contribution in [1.82, 2.24) is 5.32 Å². The minimum Gasteiger partial charge on any atom is -0.508 e. The van der Waals surface area contributed by atoms with Gasteiger partial charge in [-0.3, -0.25) is 4.79 Å². The first kappa shape index (κ1) is 25.3. The van der Waals surface area contributed by atoms with Crippen molar-refractivity contribution in [2.75, 3.05) is 6.54 Å².